The molecule has 2 nitrogen and oxygen atoms in total. The van der Waals surface area contributed by atoms with E-state index in [9.17, 15) is 5.11 Å². The minimum atomic E-state index is -0.356. The Morgan fingerprint density at radius 1 is 1.28 bits per heavy atom. The van der Waals surface area contributed by atoms with Gasteiger partial charge in [-0.15, -0.1) is 0 Å². The molecule has 1 heterocycles. The maximum absolute atomic E-state index is 10.2. The van der Waals surface area contributed by atoms with E-state index in [1.54, 1.807) is 0 Å². The minimum absolute atomic E-state index is 0.169. The van der Waals surface area contributed by atoms with Crippen molar-refractivity contribution in [3.63, 3.8) is 0 Å². The fourth-order valence-electron chi connectivity index (χ4n) is 2.43. The van der Waals surface area contributed by atoms with Gasteiger partial charge in [-0.2, -0.15) is 0 Å². The lowest BCUT2D eigenvalue weighted by atomic mass is 9.86. The zero-order chi connectivity index (χ0) is 13.2. The molecule has 1 aliphatic heterocycles. The molecule has 0 aromatic heterocycles. The number of ether oxygens (including phenoxy) is 1. The Morgan fingerprint density at radius 2 is 1.94 bits per heavy atom. The molecule has 1 aromatic rings. The monoisotopic (exact) mass is 248 g/mol. The molecule has 0 spiro atoms. The zero-order valence-electron chi connectivity index (χ0n) is 11.6. The summed E-state index contributed by atoms with van der Waals surface area (Å²) >= 11 is 0. The van der Waals surface area contributed by atoms with Gasteiger partial charge in [0.2, 0.25) is 0 Å². The summed E-state index contributed by atoms with van der Waals surface area (Å²) in [5.74, 6) is 0.516. The number of hydrogen-bond donors (Lipinski definition) is 1. The van der Waals surface area contributed by atoms with E-state index in [4.69, 9.17) is 4.74 Å². The summed E-state index contributed by atoms with van der Waals surface area (Å²) in [6.07, 6.45) is 1.54. The lowest BCUT2D eigenvalue weighted by molar-refractivity contribution is 0.129. The van der Waals surface area contributed by atoms with E-state index in [0.717, 1.165) is 31.6 Å². The molecule has 0 aliphatic carbocycles. The zero-order valence-corrected chi connectivity index (χ0v) is 11.6. The van der Waals surface area contributed by atoms with Crippen LogP contribution in [0.25, 0.3) is 0 Å². The van der Waals surface area contributed by atoms with Gasteiger partial charge < -0.3 is 9.84 Å². The minimum Gasteiger partial charge on any atom is -0.388 e. The summed E-state index contributed by atoms with van der Waals surface area (Å²) in [6.45, 7) is 8.26. The van der Waals surface area contributed by atoms with Crippen LogP contribution in [0.15, 0.2) is 24.3 Å². The molecule has 18 heavy (non-hydrogen) atoms. The maximum Gasteiger partial charge on any atom is 0.0793 e. The first-order valence-corrected chi connectivity index (χ1v) is 6.83. The summed E-state index contributed by atoms with van der Waals surface area (Å²) in [7, 11) is 0. The van der Waals surface area contributed by atoms with Crippen LogP contribution in [-0.4, -0.2) is 18.3 Å². The first-order chi connectivity index (χ1) is 8.47. The van der Waals surface area contributed by atoms with Crippen LogP contribution >= 0.6 is 0 Å². The molecule has 0 radical (unpaired) electrons. The van der Waals surface area contributed by atoms with Crippen molar-refractivity contribution in [2.45, 2.75) is 45.1 Å². The first kappa shape index (κ1) is 13.6. The molecule has 2 atom stereocenters. The van der Waals surface area contributed by atoms with E-state index < -0.39 is 0 Å². The lowest BCUT2D eigenvalue weighted by Gasteiger charge is -2.20. The van der Waals surface area contributed by atoms with Crippen molar-refractivity contribution in [2.75, 3.05) is 13.2 Å². The van der Waals surface area contributed by atoms with Gasteiger partial charge in [-0.1, -0.05) is 45.0 Å². The molecule has 0 bridgehead atoms. The van der Waals surface area contributed by atoms with Crippen molar-refractivity contribution in [2.24, 2.45) is 5.92 Å². The van der Waals surface area contributed by atoms with Crippen LogP contribution in [0.1, 0.15) is 50.8 Å². The Morgan fingerprint density at radius 3 is 2.44 bits per heavy atom. The molecule has 2 rings (SSSR count). The van der Waals surface area contributed by atoms with Crippen molar-refractivity contribution in [1.29, 1.82) is 0 Å². The largest absolute Gasteiger partial charge is 0.388 e. The molecule has 2 unspecified atom stereocenters. The van der Waals surface area contributed by atoms with Gasteiger partial charge in [-0.05, 0) is 35.3 Å². The summed E-state index contributed by atoms with van der Waals surface area (Å²) in [4.78, 5) is 0. The van der Waals surface area contributed by atoms with Crippen LogP contribution in [0.4, 0.5) is 0 Å². The maximum atomic E-state index is 10.2. The summed E-state index contributed by atoms with van der Waals surface area (Å²) < 4.78 is 5.35. The van der Waals surface area contributed by atoms with Crippen LogP contribution in [0, 0.1) is 5.92 Å². The Kier molecular flexibility index (Phi) is 4.08. The Labute approximate surface area is 110 Å². The second-order valence-electron chi connectivity index (χ2n) is 6.35. The third-order valence-corrected chi connectivity index (χ3v) is 3.74. The number of benzene rings is 1. The third kappa shape index (κ3) is 3.33. The van der Waals surface area contributed by atoms with Gasteiger partial charge in [0.15, 0.2) is 0 Å². The molecule has 1 aromatic carbocycles. The van der Waals surface area contributed by atoms with E-state index in [1.165, 1.54) is 5.56 Å². The van der Waals surface area contributed by atoms with E-state index in [1.807, 2.05) is 0 Å². The molecule has 0 saturated carbocycles. The van der Waals surface area contributed by atoms with Crippen LogP contribution in [-0.2, 0) is 10.2 Å². The number of aliphatic hydroxyl groups excluding tert-OH is 1. The molecule has 0 amide bonds. The fraction of sp³-hybridized carbons (Fsp3) is 0.625. The van der Waals surface area contributed by atoms with E-state index in [-0.39, 0.29) is 11.5 Å². The summed E-state index contributed by atoms with van der Waals surface area (Å²) in [5.41, 5.74) is 2.50. The van der Waals surface area contributed by atoms with E-state index >= 15 is 0 Å². The van der Waals surface area contributed by atoms with Gasteiger partial charge in [0, 0.05) is 13.2 Å². The van der Waals surface area contributed by atoms with E-state index in [2.05, 4.69) is 45.0 Å². The SMILES string of the molecule is CC(C)(C)c1ccc(C(O)CC2CCOC2)cc1. The highest BCUT2D eigenvalue weighted by Crippen LogP contribution is 2.28. The molecular formula is C16H24O2. The highest BCUT2D eigenvalue weighted by Gasteiger charge is 2.21. The molecule has 1 N–H and O–H groups in total. The van der Waals surface area contributed by atoms with Crippen LogP contribution in [0.2, 0.25) is 0 Å². The second kappa shape index (κ2) is 5.41. The average molecular weight is 248 g/mol. The Bertz CT molecular complexity index is 369. The van der Waals surface area contributed by atoms with Crippen molar-refractivity contribution >= 4 is 0 Å². The first-order valence-electron chi connectivity index (χ1n) is 6.83. The summed E-state index contributed by atoms with van der Waals surface area (Å²) in [6, 6.07) is 8.37. The van der Waals surface area contributed by atoms with Crippen molar-refractivity contribution in [3.05, 3.63) is 35.4 Å². The van der Waals surface area contributed by atoms with Crippen LogP contribution in [0.5, 0.6) is 0 Å². The molecule has 1 aliphatic rings. The molecule has 100 valence electrons. The van der Waals surface area contributed by atoms with Gasteiger partial charge in [0.1, 0.15) is 0 Å². The highest BCUT2D eigenvalue weighted by atomic mass is 16.5. The molecular weight excluding hydrogens is 224 g/mol. The van der Waals surface area contributed by atoms with Crippen LogP contribution < -0.4 is 0 Å². The number of rotatable bonds is 3. The van der Waals surface area contributed by atoms with E-state index in [0.29, 0.717) is 5.92 Å². The van der Waals surface area contributed by atoms with Crippen molar-refractivity contribution < 1.29 is 9.84 Å². The van der Waals surface area contributed by atoms with Crippen LogP contribution in [0.3, 0.4) is 0 Å². The van der Waals surface area contributed by atoms with Crippen molar-refractivity contribution in [3.8, 4) is 0 Å². The lowest BCUT2D eigenvalue weighted by Crippen LogP contribution is -2.12. The van der Waals surface area contributed by atoms with Gasteiger partial charge in [-0.3, -0.25) is 0 Å². The third-order valence-electron chi connectivity index (χ3n) is 3.74. The topological polar surface area (TPSA) is 29.5 Å². The smallest absolute Gasteiger partial charge is 0.0793 e. The average Bonchev–Trinajstić information content (AvgIpc) is 2.81. The Hall–Kier alpha value is -0.860. The van der Waals surface area contributed by atoms with Gasteiger partial charge in [0.05, 0.1) is 6.10 Å². The number of hydrogen-bond acceptors (Lipinski definition) is 2. The normalized spacial score (nSPS) is 22.1. The van der Waals surface area contributed by atoms with Gasteiger partial charge in [0.25, 0.3) is 0 Å². The Balaban J connectivity index is 2.00. The van der Waals surface area contributed by atoms with Crippen molar-refractivity contribution in [1.82, 2.24) is 0 Å². The fourth-order valence-corrected chi connectivity index (χ4v) is 2.43. The summed E-state index contributed by atoms with van der Waals surface area (Å²) in [5, 5.41) is 10.2. The predicted octanol–water partition coefficient (Wildman–Crippen LogP) is 3.44. The molecule has 1 fully saturated rings. The molecule has 1 saturated heterocycles. The molecule has 2 heteroatoms. The van der Waals surface area contributed by atoms with Gasteiger partial charge >= 0.3 is 0 Å². The standard InChI is InChI=1S/C16H24O2/c1-16(2,3)14-6-4-13(5-7-14)15(17)10-12-8-9-18-11-12/h4-7,12,15,17H,8-11H2,1-3H3. The second-order valence-corrected chi connectivity index (χ2v) is 6.35. The van der Waals surface area contributed by atoms with Gasteiger partial charge in [-0.25, -0.2) is 0 Å². The highest BCUT2D eigenvalue weighted by molar-refractivity contribution is 5.28. The quantitative estimate of drug-likeness (QED) is 0.888. The number of aliphatic hydroxyl groups is 1. The predicted molar refractivity (Wildman–Crippen MR) is 73.6 cm³/mol.